The number of rotatable bonds is 5. The predicted molar refractivity (Wildman–Crippen MR) is 62.6 cm³/mol. The largest absolute Gasteiger partial charge is 0.312 e. The number of hydrogen-bond acceptors (Lipinski definition) is 2. The van der Waals surface area contributed by atoms with E-state index in [0.717, 1.165) is 12.0 Å². The molecule has 1 heterocycles. The van der Waals surface area contributed by atoms with E-state index in [4.69, 9.17) is 0 Å². The zero-order chi connectivity index (χ0) is 10.6. The Hall–Kier alpha value is -0.0800. The summed E-state index contributed by atoms with van der Waals surface area (Å²) in [6.07, 6.45) is 2.77. The third-order valence-corrected chi connectivity index (χ3v) is 3.58. The summed E-state index contributed by atoms with van der Waals surface area (Å²) in [5, 5.41) is 3.65. The molecule has 1 rings (SSSR count). The van der Waals surface area contributed by atoms with Crippen LogP contribution in [0.15, 0.2) is 0 Å². The molecule has 2 nitrogen and oxygen atoms in total. The summed E-state index contributed by atoms with van der Waals surface area (Å²) in [6, 6.07) is 1.44. The van der Waals surface area contributed by atoms with E-state index < -0.39 is 0 Å². The van der Waals surface area contributed by atoms with Gasteiger partial charge in [-0.25, -0.2) is 0 Å². The van der Waals surface area contributed by atoms with Crippen LogP contribution >= 0.6 is 0 Å². The van der Waals surface area contributed by atoms with Crippen molar-refractivity contribution in [3.05, 3.63) is 0 Å². The van der Waals surface area contributed by atoms with Gasteiger partial charge < -0.3 is 5.32 Å². The van der Waals surface area contributed by atoms with E-state index in [1.54, 1.807) is 0 Å². The Balaban J connectivity index is 2.23. The van der Waals surface area contributed by atoms with Crippen molar-refractivity contribution in [2.75, 3.05) is 19.6 Å². The number of likely N-dealkylation sites (tertiary alicyclic amines) is 1. The molecule has 84 valence electrons. The lowest BCUT2D eigenvalue weighted by Gasteiger charge is -2.26. The maximum atomic E-state index is 3.65. The summed E-state index contributed by atoms with van der Waals surface area (Å²) in [6.45, 7) is 12.8. The van der Waals surface area contributed by atoms with E-state index in [1.165, 1.54) is 32.5 Å². The van der Waals surface area contributed by atoms with E-state index in [-0.39, 0.29) is 0 Å². The smallest absolute Gasteiger partial charge is 0.0221 e. The normalized spacial score (nSPS) is 25.9. The molecule has 2 heteroatoms. The van der Waals surface area contributed by atoms with Crippen molar-refractivity contribution >= 4 is 0 Å². The highest BCUT2D eigenvalue weighted by atomic mass is 15.2. The van der Waals surface area contributed by atoms with Gasteiger partial charge in [-0.2, -0.15) is 0 Å². The topological polar surface area (TPSA) is 15.3 Å². The minimum absolute atomic E-state index is 0.648. The highest BCUT2D eigenvalue weighted by Gasteiger charge is 2.23. The van der Waals surface area contributed by atoms with Crippen molar-refractivity contribution in [3.8, 4) is 0 Å². The van der Waals surface area contributed by atoms with E-state index in [1.807, 2.05) is 0 Å². The van der Waals surface area contributed by atoms with E-state index in [2.05, 4.69) is 37.9 Å². The zero-order valence-corrected chi connectivity index (χ0v) is 10.2. The maximum absolute atomic E-state index is 3.65. The molecule has 0 radical (unpaired) electrons. The second kappa shape index (κ2) is 5.72. The number of likely N-dealkylation sites (N-methyl/N-ethyl adjacent to an activating group) is 1. The van der Waals surface area contributed by atoms with Crippen LogP contribution in [0.4, 0.5) is 0 Å². The third kappa shape index (κ3) is 3.25. The van der Waals surface area contributed by atoms with Gasteiger partial charge in [0.15, 0.2) is 0 Å². The molecule has 0 aromatic carbocycles. The molecular weight excluding hydrogens is 172 g/mol. The van der Waals surface area contributed by atoms with Crippen molar-refractivity contribution in [3.63, 3.8) is 0 Å². The van der Waals surface area contributed by atoms with Crippen molar-refractivity contribution in [1.82, 2.24) is 10.2 Å². The monoisotopic (exact) mass is 198 g/mol. The Kier molecular flexibility index (Phi) is 4.90. The van der Waals surface area contributed by atoms with Crippen LogP contribution in [0.25, 0.3) is 0 Å². The van der Waals surface area contributed by atoms with Crippen LogP contribution in [0.5, 0.6) is 0 Å². The Morgan fingerprint density at radius 3 is 2.64 bits per heavy atom. The molecule has 14 heavy (non-hydrogen) atoms. The van der Waals surface area contributed by atoms with E-state index in [0.29, 0.717) is 6.04 Å². The molecule has 0 spiro atoms. The van der Waals surface area contributed by atoms with Gasteiger partial charge in [-0.3, -0.25) is 4.90 Å². The summed E-state index contributed by atoms with van der Waals surface area (Å²) >= 11 is 0. The first-order valence-electron chi connectivity index (χ1n) is 6.12. The molecule has 1 aliphatic rings. The van der Waals surface area contributed by atoms with Gasteiger partial charge in [-0.05, 0) is 38.8 Å². The molecule has 0 aromatic rings. The second-order valence-electron chi connectivity index (χ2n) is 4.87. The summed E-state index contributed by atoms with van der Waals surface area (Å²) in [4.78, 5) is 2.60. The summed E-state index contributed by atoms with van der Waals surface area (Å²) in [5.74, 6) is 0.742. The van der Waals surface area contributed by atoms with Crippen LogP contribution in [-0.4, -0.2) is 36.6 Å². The molecule has 0 bridgehead atoms. The Morgan fingerprint density at radius 1 is 1.36 bits per heavy atom. The van der Waals surface area contributed by atoms with E-state index >= 15 is 0 Å². The Morgan fingerprint density at radius 2 is 2.07 bits per heavy atom. The van der Waals surface area contributed by atoms with Crippen LogP contribution in [-0.2, 0) is 0 Å². The summed E-state index contributed by atoms with van der Waals surface area (Å²) in [5.41, 5.74) is 0. The van der Waals surface area contributed by atoms with Crippen molar-refractivity contribution in [1.29, 1.82) is 0 Å². The highest BCUT2D eigenvalue weighted by molar-refractivity contribution is 4.81. The minimum atomic E-state index is 0.648. The van der Waals surface area contributed by atoms with Gasteiger partial charge in [-0.15, -0.1) is 0 Å². The Labute approximate surface area is 89.1 Å². The van der Waals surface area contributed by atoms with Crippen molar-refractivity contribution in [2.24, 2.45) is 5.92 Å². The second-order valence-corrected chi connectivity index (χ2v) is 4.87. The van der Waals surface area contributed by atoms with Crippen LogP contribution in [0.3, 0.4) is 0 Å². The minimum Gasteiger partial charge on any atom is -0.312 e. The van der Waals surface area contributed by atoms with Crippen LogP contribution in [0.1, 0.15) is 40.5 Å². The molecule has 1 N–H and O–H groups in total. The van der Waals surface area contributed by atoms with Crippen LogP contribution in [0, 0.1) is 5.92 Å². The Bertz CT molecular complexity index is 156. The lowest BCUT2D eigenvalue weighted by molar-refractivity contribution is 0.249. The van der Waals surface area contributed by atoms with Crippen LogP contribution < -0.4 is 5.32 Å². The SMILES string of the molecule is CCN1CCCC1CNC(C)C(C)C. The van der Waals surface area contributed by atoms with Gasteiger partial charge in [-0.1, -0.05) is 20.8 Å². The summed E-state index contributed by atoms with van der Waals surface area (Å²) < 4.78 is 0. The van der Waals surface area contributed by atoms with Crippen molar-refractivity contribution < 1.29 is 0 Å². The van der Waals surface area contributed by atoms with Gasteiger partial charge >= 0.3 is 0 Å². The molecular formula is C12H26N2. The fraction of sp³-hybridized carbons (Fsp3) is 1.00. The first kappa shape index (κ1) is 12.0. The molecule has 1 aliphatic heterocycles. The molecule has 1 saturated heterocycles. The first-order valence-corrected chi connectivity index (χ1v) is 6.12. The molecule has 0 saturated carbocycles. The molecule has 2 unspecified atom stereocenters. The first-order chi connectivity index (χ1) is 6.65. The number of hydrogen-bond donors (Lipinski definition) is 1. The average Bonchev–Trinajstić information content (AvgIpc) is 2.60. The summed E-state index contributed by atoms with van der Waals surface area (Å²) in [7, 11) is 0. The number of nitrogens with one attached hydrogen (secondary N) is 1. The molecule has 0 aromatic heterocycles. The van der Waals surface area contributed by atoms with Crippen molar-refractivity contribution in [2.45, 2.75) is 52.6 Å². The molecule has 0 amide bonds. The standard InChI is InChI=1S/C12H26N2/c1-5-14-8-6-7-12(14)9-13-11(4)10(2)3/h10-13H,5-9H2,1-4H3. The van der Waals surface area contributed by atoms with Gasteiger partial charge in [0.1, 0.15) is 0 Å². The lowest BCUT2D eigenvalue weighted by Crippen LogP contribution is -2.42. The molecule has 1 fully saturated rings. The number of nitrogens with zero attached hydrogens (tertiary/aromatic N) is 1. The van der Waals surface area contributed by atoms with Gasteiger partial charge in [0.25, 0.3) is 0 Å². The lowest BCUT2D eigenvalue weighted by atomic mass is 10.1. The van der Waals surface area contributed by atoms with Crippen LogP contribution in [0.2, 0.25) is 0 Å². The van der Waals surface area contributed by atoms with E-state index in [9.17, 15) is 0 Å². The fourth-order valence-electron chi connectivity index (χ4n) is 2.10. The maximum Gasteiger partial charge on any atom is 0.0221 e. The predicted octanol–water partition coefficient (Wildman–Crippen LogP) is 2.10. The zero-order valence-electron chi connectivity index (χ0n) is 10.2. The average molecular weight is 198 g/mol. The molecule has 0 aliphatic carbocycles. The highest BCUT2D eigenvalue weighted by Crippen LogP contribution is 2.16. The van der Waals surface area contributed by atoms with Gasteiger partial charge in [0.05, 0.1) is 0 Å². The third-order valence-electron chi connectivity index (χ3n) is 3.58. The van der Waals surface area contributed by atoms with Gasteiger partial charge in [0, 0.05) is 18.6 Å². The quantitative estimate of drug-likeness (QED) is 0.728. The molecule has 2 atom stereocenters. The fourth-order valence-corrected chi connectivity index (χ4v) is 2.10. The van der Waals surface area contributed by atoms with Gasteiger partial charge in [0.2, 0.25) is 0 Å².